The monoisotopic (exact) mass is 353 g/mol. The van der Waals surface area contributed by atoms with Crippen LogP contribution in [0, 0.1) is 0 Å². The highest BCUT2D eigenvalue weighted by Gasteiger charge is 2.19. The number of H-pyrrole nitrogens is 1. The summed E-state index contributed by atoms with van der Waals surface area (Å²) in [7, 11) is 3.10. The van der Waals surface area contributed by atoms with Crippen molar-refractivity contribution in [3.8, 4) is 17.2 Å². The molecule has 0 spiro atoms. The van der Waals surface area contributed by atoms with Crippen molar-refractivity contribution in [3.05, 3.63) is 52.6 Å². The number of benzene rings is 2. The van der Waals surface area contributed by atoms with Gasteiger partial charge in [-0.05, 0) is 18.2 Å². The summed E-state index contributed by atoms with van der Waals surface area (Å²) < 4.78 is 16.3. The second-order valence-electron chi connectivity index (χ2n) is 5.97. The molecule has 0 unspecified atom stereocenters. The Morgan fingerprint density at radius 2 is 1.96 bits per heavy atom. The zero-order chi connectivity index (χ0) is 18.1. The van der Waals surface area contributed by atoms with E-state index in [1.54, 1.807) is 19.2 Å². The Morgan fingerprint density at radius 3 is 2.77 bits per heavy atom. The molecular formula is C19H19N3O4. The molecule has 26 heavy (non-hydrogen) atoms. The third-order valence-electron chi connectivity index (χ3n) is 4.43. The molecule has 1 aromatic heterocycles. The van der Waals surface area contributed by atoms with Crippen molar-refractivity contribution in [2.24, 2.45) is 0 Å². The van der Waals surface area contributed by atoms with Gasteiger partial charge in [0.25, 0.3) is 5.56 Å². The standard InChI is InChI=1S/C19H19N3O4/c1-24-16-9-12-13(10-17(16)25-2)20-18(21-19(12)23)11-22-7-8-26-15-6-4-3-5-14(15)22/h3-6,9-10H,7-8,11H2,1-2H3,(H,20,21,23). The Bertz CT molecular complexity index is 1020. The van der Waals surface area contributed by atoms with E-state index in [2.05, 4.69) is 14.9 Å². The number of aromatic amines is 1. The van der Waals surface area contributed by atoms with E-state index in [0.717, 1.165) is 18.0 Å². The van der Waals surface area contributed by atoms with E-state index in [-0.39, 0.29) is 5.56 Å². The highest BCUT2D eigenvalue weighted by molar-refractivity contribution is 5.81. The van der Waals surface area contributed by atoms with E-state index in [0.29, 0.717) is 41.4 Å². The van der Waals surface area contributed by atoms with Crippen molar-refractivity contribution in [2.45, 2.75) is 6.54 Å². The predicted octanol–water partition coefficient (Wildman–Crippen LogP) is 2.34. The fraction of sp³-hybridized carbons (Fsp3) is 0.263. The zero-order valence-corrected chi connectivity index (χ0v) is 14.6. The van der Waals surface area contributed by atoms with Gasteiger partial charge in [-0.2, -0.15) is 0 Å². The third kappa shape index (κ3) is 2.81. The number of rotatable bonds is 4. The van der Waals surface area contributed by atoms with E-state index >= 15 is 0 Å². The number of nitrogens with one attached hydrogen (secondary N) is 1. The van der Waals surface area contributed by atoms with Gasteiger partial charge < -0.3 is 24.1 Å². The number of nitrogens with zero attached hydrogens (tertiary/aromatic N) is 2. The van der Waals surface area contributed by atoms with E-state index in [1.807, 2.05) is 24.3 Å². The molecule has 1 aliphatic rings. The first kappa shape index (κ1) is 16.3. The topological polar surface area (TPSA) is 76.7 Å². The maximum atomic E-state index is 12.5. The minimum Gasteiger partial charge on any atom is -0.493 e. The van der Waals surface area contributed by atoms with Crippen LogP contribution in [0.4, 0.5) is 5.69 Å². The second kappa shape index (κ2) is 6.59. The van der Waals surface area contributed by atoms with Gasteiger partial charge in [0.05, 0.1) is 43.9 Å². The average molecular weight is 353 g/mol. The molecule has 7 nitrogen and oxygen atoms in total. The van der Waals surface area contributed by atoms with Crippen LogP contribution in [0.15, 0.2) is 41.2 Å². The first-order valence-corrected chi connectivity index (χ1v) is 8.31. The van der Waals surface area contributed by atoms with Crippen LogP contribution in [0.25, 0.3) is 10.9 Å². The Morgan fingerprint density at radius 1 is 1.19 bits per heavy atom. The molecule has 0 amide bonds. The lowest BCUT2D eigenvalue weighted by Gasteiger charge is -2.30. The van der Waals surface area contributed by atoms with E-state index < -0.39 is 0 Å². The summed E-state index contributed by atoms with van der Waals surface area (Å²) >= 11 is 0. The fourth-order valence-electron chi connectivity index (χ4n) is 3.16. The first-order valence-electron chi connectivity index (χ1n) is 8.31. The van der Waals surface area contributed by atoms with Crippen molar-refractivity contribution in [3.63, 3.8) is 0 Å². The van der Waals surface area contributed by atoms with Gasteiger partial charge in [-0.3, -0.25) is 4.79 Å². The summed E-state index contributed by atoms with van der Waals surface area (Å²) in [6.45, 7) is 1.81. The molecule has 0 saturated heterocycles. The Kier molecular flexibility index (Phi) is 4.12. The van der Waals surface area contributed by atoms with E-state index in [1.165, 1.54) is 7.11 Å². The van der Waals surface area contributed by atoms with E-state index in [9.17, 15) is 4.79 Å². The Hall–Kier alpha value is -3.22. The third-order valence-corrected chi connectivity index (χ3v) is 4.43. The molecule has 2 heterocycles. The summed E-state index contributed by atoms with van der Waals surface area (Å²) in [5, 5.41) is 0.466. The highest BCUT2D eigenvalue weighted by atomic mass is 16.5. The lowest BCUT2D eigenvalue weighted by atomic mass is 10.2. The zero-order valence-electron chi connectivity index (χ0n) is 14.6. The van der Waals surface area contributed by atoms with Gasteiger partial charge in [0.15, 0.2) is 11.5 Å². The molecular weight excluding hydrogens is 334 g/mol. The summed E-state index contributed by atoms with van der Waals surface area (Å²) in [5.74, 6) is 2.47. The minimum atomic E-state index is -0.201. The number of para-hydroxylation sites is 2. The largest absolute Gasteiger partial charge is 0.493 e. The first-order chi connectivity index (χ1) is 12.7. The molecule has 0 radical (unpaired) electrons. The maximum Gasteiger partial charge on any atom is 0.258 e. The summed E-state index contributed by atoms with van der Waals surface area (Å²) in [4.78, 5) is 22.1. The van der Waals surface area contributed by atoms with Gasteiger partial charge in [0, 0.05) is 6.07 Å². The minimum absolute atomic E-state index is 0.201. The molecule has 1 aliphatic heterocycles. The van der Waals surface area contributed by atoms with Gasteiger partial charge in [-0.25, -0.2) is 4.98 Å². The number of ether oxygens (including phenoxy) is 3. The molecule has 0 saturated carbocycles. The van der Waals surface area contributed by atoms with Gasteiger partial charge in [-0.1, -0.05) is 12.1 Å². The Labute approximate surface area is 150 Å². The average Bonchev–Trinajstić information content (AvgIpc) is 2.67. The van der Waals surface area contributed by atoms with Gasteiger partial charge >= 0.3 is 0 Å². The molecule has 0 atom stereocenters. The van der Waals surface area contributed by atoms with Gasteiger partial charge in [0.2, 0.25) is 0 Å². The smallest absolute Gasteiger partial charge is 0.258 e. The van der Waals surface area contributed by atoms with Crippen LogP contribution in [0.3, 0.4) is 0 Å². The molecule has 3 aromatic rings. The van der Waals surface area contributed by atoms with Crippen molar-refractivity contribution < 1.29 is 14.2 Å². The summed E-state index contributed by atoms with van der Waals surface area (Å²) in [6.07, 6.45) is 0. The number of aromatic nitrogens is 2. The SMILES string of the molecule is COc1cc2nc(CN3CCOc4ccccc43)[nH]c(=O)c2cc1OC. The molecule has 0 bridgehead atoms. The second-order valence-corrected chi connectivity index (χ2v) is 5.97. The molecule has 7 heteroatoms. The fourth-order valence-corrected chi connectivity index (χ4v) is 3.16. The van der Waals surface area contributed by atoms with Crippen molar-refractivity contribution >= 4 is 16.6 Å². The van der Waals surface area contributed by atoms with Crippen LogP contribution in [0.1, 0.15) is 5.82 Å². The van der Waals surface area contributed by atoms with Crippen molar-refractivity contribution in [1.82, 2.24) is 9.97 Å². The molecule has 1 N–H and O–H groups in total. The number of hydrogen-bond acceptors (Lipinski definition) is 6. The van der Waals surface area contributed by atoms with Crippen molar-refractivity contribution in [2.75, 3.05) is 32.3 Å². The van der Waals surface area contributed by atoms with Crippen LogP contribution in [0.5, 0.6) is 17.2 Å². The number of anilines is 1. The number of methoxy groups -OCH3 is 2. The van der Waals surface area contributed by atoms with Gasteiger partial charge in [-0.15, -0.1) is 0 Å². The van der Waals surface area contributed by atoms with Crippen LogP contribution in [0.2, 0.25) is 0 Å². The maximum absolute atomic E-state index is 12.5. The summed E-state index contributed by atoms with van der Waals surface area (Å²) in [5.41, 5.74) is 1.37. The van der Waals surface area contributed by atoms with Crippen LogP contribution < -0.4 is 24.7 Å². The number of fused-ring (bicyclic) bond motifs is 2. The summed E-state index contributed by atoms with van der Waals surface area (Å²) in [6, 6.07) is 11.2. The normalized spacial score (nSPS) is 13.2. The molecule has 134 valence electrons. The molecule has 2 aromatic carbocycles. The van der Waals surface area contributed by atoms with Crippen molar-refractivity contribution in [1.29, 1.82) is 0 Å². The van der Waals surface area contributed by atoms with Crippen LogP contribution >= 0.6 is 0 Å². The number of hydrogen-bond donors (Lipinski definition) is 1. The highest BCUT2D eigenvalue weighted by Crippen LogP contribution is 2.32. The van der Waals surface area contributed by atoms with Crippen LogP contribution in [-0.2, 0) is 6.54 Å². The molecule has 0 aliphatic carbocycles. The lowest BCUT2D eigenvalue weighted by molar-refractivity contribution is 0.306. The molecule has 0 fully saturated rings. The van der Waals surface area contributed by atoms with E-state index in [4.69, 9.17) is 14.2 Å². The van der Waals surface area contributed by atoms with Gasteiger partial charge in [0.1, 0.15) is 18.2 Å². The lowest BCUT2D eigenvalue weighted by Crippen LogP contribution is -2.33. The molecule has 4 rings (SSSR count). The predicted molar refractivity (Wildman–Crippen MR) is 98.5 cm³/mol. The van der Waals surface area contributed by atoms with Crippen LogP contribution in [-0.4, -0.2) is 37.3 Å². The Balaban J connectivity index is 1.73. The quantitative estimate of drug-likeness (QED) is 0.776.